The number of alkyl carbamates (subject to hydrolysis) is 1. The number of rotatable bonds is 15. The van der Waals surface area contributed by atoms with Crippen molar-refractivity contribution in [3.63, 3.8) is 0 Å². The first kappa shape index (κ1) is 51.8. The fourth-order valence-corrected chi connectivity index (χ4v) is 8.93. The maximum Gasteiger partial charge on any atom is 0.407 e. The Labute approximate surface area is 404 Å². The van der Waals surface area contributed by atoms with E-state index in [0.717, 1.165) is 43.0 Å². The maximum absolute atomic E-state index is 17.0. The van der Waals surface area contributed by atoms with Gasteiger partial charge in [0.1, 0.15) is 49.3 Å². The number of hydrogen-bond donors (Lipinski definition) is 2. The molecule has 0 spiro atoms. The summed E-state index contributed by atoms with van der Waals surface area (Å²) in [5, 5.41) is 5.37. The Kier molecular flexibility index (Phi) is 16.6. The van der Waals surface area contributed by atoms with Crippen molar-refractivity contribution in [3.05, 3.63) is 95.6 Å². The number of nitrogens with one attached hydrogen (secondary N) is 2. The van der Waals surface area contributed by atoms with Gasteiger partial charge in [-0.25, -0.2) is 14.0 Å². The van der Waals surface area contributed by atoms with E-state index >= 15 is 4.39 Å². The van der Waals surface area contributed by atoms with E-state index < -0.39 is 128 Å². The third kappa shape index (κ3) is 12.5. The summed E-state index contributed by atoms with van der Waals surface area (Å²) in [6.45, 7) is 9.99. The first-order valence-corrected chi connectivity index (χ1v) is 22.9. The van der Waals surface area contributed by atoms with Crippen LogP contribution in [0.1, 0.15) is 84.3 Å². The van der Waals surface area contributed by atoms with Gasteiger partial charge in [0.25, 0.3) is 0 Å². The molecule has 1 aliphatic carbocycles. The van der Waals surface area contributed by atoms with Crippen molar-refractivity contribution in [2.45, 2.75) is 147 Å². The van der Waals surface area contributed by atoms with Crippen LogP contribution >= 0.6 is 0 Å². The number of amides is 2. The van der Waals surface area contributed by atoms with E-state index in [4.69, 9.17) is 52.1 Å². The molecular weight excluding hydrogens is 920 g/mol. The van der Waals surface area contributed by atoms with Gasteiger partial charge in [-0.2, -0.15) is 0 Å². The third-order valence-electron chi connectivity index (χ3n) is 11.8. The Morgan fingerprint density at radius 3 is 1.94 bits per heavy atom. The number of alkyl halides is 1. The van der Waals surface area contributed by atoms with Crippen molar-refractivity contribution in [1.29, 1.82) is 0 Å². The first-order valence-electron chi connectivity index (χ1n) is 22.9. The van der Waals surface area contributed by atoms with Gasteiger partial charge >= 0.3 is 30.0 Å². The zero-order valence-electron chi connectivity index (χ0n) is 40.0. The lowest BCUT2D eigenvalue weighted by Gasteiger charge is -2.51. The standard InChI is InChI=1S/C50H59FN2O17/c1-25(39(45(58)70-50(6,7)8)53-49(59)62-22-35-33-20-14-12-18-31(33)32-19-13-15-21-34(32)35)63-48-40(52-26(2)54)44(42-37(67-48)24-61-46(68-42)30-16-10-9-11-17-30)69-47-38(51)43(65-29(5)57)41(64-28(4)56)36(66-47)23-60-27(3)55/h9-21,25,35-44,46-48H,22-24H2,1-8H3,(H,52,54)(H,53,59)/t25?,36?,37?,38?,39-,40?,41-,42-,43?,44?,46?,47-,48-/m0/s1. The normalized spacial score (nSPS) is 28.0. The molecule has 378 valence electrons. The fourth-order valence-electron chi connectivity index (χ4n) is 8.93. The molecule has 3 aromatic rings. The van der Waals surface area contributed by atoms with Crippen LogP contribution < -0.4 is 10.6 Å². The van der Waals surface area contributed by atoms with Crippen LogP contribution in [0, 0.1) is 0 Å². The van der Waals surface area contributed by atoms with E-state index in [0.29, 0.717) is 5.56 Å². The lowest BCUT2D eigenvalue weighted by Crippen LogP contribution is -2.70. The van der Waals surface area contributed by atoms with Gasteiger partial charge in [0, 0.05) is 39.2 Å². The summed E-state index contributed by atoms with van der Waals surface area (Å²) in [6.07, 6.45) is -17.8. The highest BCUT2D eigenvalue weighted by Gasteiger charge is 2.57. The minimum atomic E-state index is -2.37. The molecule has 3 aromatic carbocycles. The molecule has 3 saturated heterocycles. The highest BCUT2D eigenvalue weighted by atomic mass is 19.1. The minimum absolute atomic E-state index is 0.0704. The van der Waals surface area contributed by atoms with Crippen LogP contribution in [0.15, 0.2) is 78.9 Å². The van der Waals surface area contributed by atoms with Crippen LogP contribution in [0.4, 0.5) is 9.18 Å². The first-order chi connectivity index (χ1) is 33.3. The molecule has 7 rings (SSSR count). The summed E-state index contributed by atoms with van der Waals surface area (Å²) in [6, 6.07) is 21.5. The molecule has 70 heavy (non-hydrogen) atoms. The van der Waals surface area contributed by atoms with Gasteiger partial charge in [0.05, 0.1) is 12.7 Å². The second-order valence-electron chi connectivity index (χ2n) is 18.3. The molecule has 3 heterocycles. The molecule has 0 aromatic heterocycles. The smallest absolute Gasteiger partial charge is 0.407 e. The highest BCUT2D eigenvalue weighted by molar-refractivity contribution is 5.83. The van der Waals surface area contributed by atoms with E-state index in [-0.39, 0.29) is 19.1 Å². The second kappa shape index (κ2) is 22.4. The molecule has 4 aliphatic rings. The Balaban J connectivity index is 1.18. The topological polar surface area (TPSA) is 228 Å². The summed E-state index contributed by atoms with van der Waals surface area (Å²) >= 11 is 0. The fraction of sp³-hybridized carbons (Fsp3) is 0.520. The van der Waals surface area contributed by atoms with Gasteiger partial charge in [-0.1, -0.05) is 78.9 Å². The van der Waals surface area contributed by atoms with Crippen LogP contribution in [0.2, 0.25) is 0 Å². The highest BCUT2D eigenvalue weighted by Crippen LogP contribution is 2.45. The molecule has 19 nitrogen and oxygen atoms in total. The van der Waals surface area contributed by atoms with E-state index in [2.05, 4.69) is 10.6 Å². The van der Waals surface area contributed by atoms with Gasteiger partial charge in [-0.3, -0.25) is 19.2 Å². The van der Waals surface area contributed by atoms with Crippen molar-refractivity contribution in [2.24, 2.45) is 0 Å². The average molecular weight is 979 g/mol. The summed E-state index contributed by atoms with van der Waals surface area (Å²) < 4.78 is 82.5. The SMILES string of the molecule is CC(=O)NC1C(O[C@@H]2OC(COC(C)=O)[C@H](OC(C)=O)C(OC(C)=O)C2F)[C@H]2OC(c3ccccc3)OCC2O[C@@H]1OC(C)[C@H](NC(=O)OCC1c2ccccc2-c2ccccc21)C(=O)OC(C)(C)C. The van der Waals surface area contributed by atoms with Crippen molar-refractivity contribution < 1.29 is 85.3 Å². The van der Waals surface area contributed by atoms with Crippen LogP contribution in [0.5, 0.6) is 0 Å². The second-order valence-corrected chi connectivity index (χ2v) is 18.3. The van der Waals surface area contributed by atoms with Gasteiger partial charge in [0.2, 0.25) is 5.91 Å². The van der Waals surface area contributed by atoms with Gasteiger partial charge < -0.3 is 62.7 Å². The molecule has 0 saturated carbocycles. The van der Waals surface area contributed by atoms with Crippen LogP contribution in [0.3, 0.4) is 0 Å². The average Bonchev–Trinajstić information content (AvgIpc) is 3.62. The molecule has 0 bridgehead atoms. The third-order valence-corrected chi connectivity index (χ3v) is 11.8. The van der Waals surface area contributed by atoms with Gasteiger partial charge in [0.15, 0.2) is 43.3 Å². The van der Waals surface area contributed by atoms with Crippen molar-refractivity contribution in [2.75, 3.05) is 19.8 Å². The molecule has 20 heteroatoms. The Bertz CT molecular complexity index is 2320. The zero-order valence-corrected chi connectivity index (χ0v) is 40.0. The van der Waals surface area contributed by atoms with Crippen LogP contribution in [0.25, 0.3) is 11.1 Å². The summed E-state index contributed by atoms with van der Waals surface area (Å²) in [5.41, 5.74) is 3.56. The number of fused-ring (bicyclic) bond motifs is 4. The molecular formula is C50H59FN2O17. The maximum atomic E-state index is 17.0. The molecule has 0 radical (unpaired) electrons. The molecule has 2 N–H and O–H groups in total. The lowest BCUT2D eigenvalue weighted by atomic mass is 9.94. The van der Waals surface area contributed by atoms with Gasteiger partial charge in [-0.15, -0.1) is 0 Å². The Morgan fingerprint density at radius 1 is 0.729 bits per heavy atom. The van der Waals surface area contributed by atoms with E-state index in [1.807, 2.05) is 48.5 Å². The number of carbonyl (C=O) groups excluding carboxylic acids is 6. The predicted octanol–water partition coefficient (Wildman–Crippen LogP) is 4.86. The molecule has 3 fully saturated rings. The van der Waals surface area contributed by atoms with Crippen molar-refractivity contribution >= 4 is 35.9 Å². The van der Waals surface area contributed by atoms with E-state index in [9.17, 15) is 28.8 Å². The Morgan fingerprint density at radius 2 is 1.34 bits per heavy atom. The lowest BCUT2D eigenvalue weighted by molar-refractivity contribution is -0.377. The van der Waals surface area contributed by atoms with Gasteiger partial charge in [-0.05, 0) is 49.9 Å². The molecule has 13 atom stereocenters. The van der Waals surface area contributed by atoms with E-state index in [1.54, 1.807) is 51.1 Å². The van der Waals surface area contributed by atoms with Crippen molar-refractivity contribution in [3.8, 4) is 11.1 Å². The van der Waals surface area contributed by atoms with Crippen LogP contribution in [-0.2, 0) is 76.1 Å². The largest absolute Gasteiger partial charge is 0.463 e. The minimum Gasteiger partial charge on any atom is -0.463 e. The summed E-state index contributed by atoms with van der Waals surface area (Å²) in [7, 11) is 0. The Hall–Kier alpha value is -6.03. The predicted molar refractivity (Wildman–Crippen MR) is 241 cm³/mol. The summed E-state index contributed by atoms with van der Waals surface area (Å²) in [5.74, 6) is -4.38. The monoisotopic (exact) mass is 978 g/mol. The molecule has 3 aliphatic heterocycles. The number of esters is 4. The molecule has 2 amide bonds. The number of halogens is 1. The molecule has 8 unspecified atom stereocenters. The summed E-state index contributed by atoms with van der Waals surface area (Å²) in [4.78, 5) is 77.5. The quantitative estimate of drug-likeness (QED) is 0.153. The number of ether oxygens (including phenoxy) is 11. The number of carbonyl (C=O) groups is 6. The van der Waals surface area contributed by atoms with E-state index in [1.165, 1.54) is 13.8 Å². The number of hydrogen-bond acceptors (Lipinski definition) is 17. The zero-order chi connectivity index (χ0) is 50.4. The number of benzene rings is 3. The van der Waals surface area contributed by atoms with Crippen LogP contribution in [-0.4, -0.2) is 135 Å². The van der Waals surface area contributed by atoms with Crippen molar-refractivity contribution in [1.82, 2.24) is 10.6 Å².